The first-order valence-corrected chi connectivity index (χ1v) is 7.18. The van der Waals surface area contributed by atoms with Crippen LogP contribution in [0.1, 0.15) is 31.4 Å². The average molecular weight is 251 g/mol. The molecule has 2 aliphatic rings. The van der Waals surface area contributed by atoms with E-state index in [0.717, 1.165) is 18.7 Å². The third kappa shape index (κ3) is 2.35. The quantitative estimate of drug-likeness (QED) is 0.864. The SMILES string of the molecule is O=C1CN(Cc2cscn2)C2CCCCC2N1. The lowest BCUT2D eigenvalue weighted by Crippen LogP contribution is -2.61. The number of carbonyl (C=O) groups excluding carboxylic acids is 1. The first kappa shape index (κ1) is 11.2. The molecular weight excluding hydrogens is 234 g/mol. The van der Waals surface area contributed by atoms with Crippen LogP contribution in [0, 0.1) is 0 Å². The van der Waals surface area contributed by atoms with Gasteiger partial charge in [-0.05, 0) is 12.8 Å². The number of thiazole rings is 1. The first-order valence-electron chi connectivity index (χ1n) is 6.23. The summed E-state index contributed by atoms with van der Waals surface area (Å²) in [6, 6.07) is 0.881. The van der Waals surface area contributed by atoms with Gasteiger partial charge in [0.1, 0.15) is 0 Å². The Morgan fingerprint density at radius 2 is 2.35 bits per heavy atom. The summed E-state index contributed by atoms with van der Waals surface area (Å²) in [6.45, 7) is 1.34. The number of rotatable bonds is 2. The summed E-state index contributed by atoms with van der Waals surface area (Å²) in [7, 11) is 0. The highest BCUT2D eigenvalue weighted by Gasteiger charge is 2.36. The number of nitrogens with one attached hydrogen (secondary N) is 1. The fourth-order valence-corrected chi connectivity index (χ4v) is 3.52. The van der Waals surface area contributed by atoms with Gasteiger partial charge in [-0.15, -0.1) is 11.3 Å². The van der Waals surface area contributed by atoms with E-state index in [1.54, 1.807) is 11.3 Å². The van der Waals surface area contributed by atoms with E-state index in [1.165, 1.54) is 19.3 Å². The maximum atomic E-state index is 11.7. The second-order valence-corrected chi connectivity index (χ2v) is 5.63. The third-order valence-electron chi connectivity index (χ3n) is 3.74. The Morgan fingerprint density at radius 1 is 1.47 bits per heavy atom. The zero-order chi connectivity index (χ0) is 11.7. The highest BCUT2D eigenvalue weighted by Crippen LogP contribution is 2.26. The molecule has 4 nitrogen and oxygen atoms in total. The Bertz CT molecular complexity index is 392. The number of hydrogen-bond acceptors (Lipinski definition) is 4. The number of nitrogens with zero attached hydrogens (tertiary/aromatic N) is 2. The van der Waals surface area contributed by atoms with Gasteiger partial charge in [0.2, 0.25) is 5.91 Å². The normalized spacial score (nSPS) is 29.8. The van der Waals surface area contributed by atoms with Crippen molar-refractivity contribution >= 4 is 17.2 Å². The van der Waals surface area contributed by atoms with E-state index >= 15 is 0 Å². The van der Waals surface area contributed by atoms with E-state index in [4.69, 9.17) is 0 Å². The van der Waals surface area contributed by atoms with E-state index < -0.39 is 0 Å². The van der Waals surface area contributed by atoms with Gasteiger partial charge in [-0.3, -0.25) is 9.69 Å². The Kier molecular flexibility index (Phi) is 3.11. The summed E-state index contributed by atoms with van der Waals surface area (Å²) < 4.78 is 0. The molecule has 17 heavy (non-hydrogen) atoms. The molecule has 0 radical (unpaired) electrons. The van der Waals surface area contributed by atoms with Crippen molar-refractivity contribution in [2.24, 2.45) is 0 Å². The number of fused-ring (bicyclic) bond motifs is 1. The molecule has 3 rings (SSSR count). The lowest BCUT2D eigenvalue weighted by atomic mass is 9.87. The molecule has 1 N–H and O–H groups in total. The molecule has 1 aromatic heterocycles. The van der Waals surface area contributed by atoms with Crippen molar-refractivity contribution in [2.45, 2.75) is 44.3 Å². The number of aromatic nitrogens is 1. The monoisotopic (exact) mass is 251 g/mol. The van der Waals surface area contributed by atoms with Crippen molar-refractivity contribution in [3.05, 3.63) is 16.6 Å². The third-order valence-corrected chi connectivity index (χ3v) is 4.38. The molecule has 1 saturated carbocycles. The van der Waals surface area contributed by atoms with Gasteiger partial charge in [-0.1, -0.05) is 12.8 Å². The van der Waals surface area contributed by atoms with Gasteiger partial charge >= 0.3 is 0 Å². The van der Waals surface area contributed by atoms with Crippen LogP contribution in [0.25, 0.3) is 0 Å². The van der Waals surface area contributed by atoms with Gasteiger partial charge in [0.25, 0.3) is 0 Å². The number of piperazine rings is 1. The topological polar surface area (TPSA) is 45.2 Å². The minimum absolute atomic E-state index is 0.170. The molecule has 2 fully saturated rings. The second kappa shape index (κ2) is 4.74. The van der Waals surface area contributed by atoms with Gasteiger partial charge in [0, 0.05) is 24.0 Å². The zero-order valence-electron chi connectivity index (χ0n) is 9.76. The van der Waals surface area contributed by atoms with Crippen LogP contribution in [0.15, 0.2) is 10.9 Å². The molecular formula is C12H17N3OS. The number of carbonyl (C=O) groups is 1. The molecule has 92 valence electrons. The average Bonchev–Trinajstić information content (AvgIpc) is 2.81. The zero-order valence-corrected chi connectivity index (χ0v) is 10.6. The van der Waals surface area contributed by atoms with Crippen LogP contribution in [0.4, 0.5) is 0 Å². The van der Waals surface area contributed by atoms with Crippen molar-refractivity contribution < 1.29 is 4.79 Å². The standard InChI is InChI=1S/C12H17N3OS/c16-12-6-15(5-9-7-17-8-13-9)11-4-2-1-3-10(11)14-12/h7-8,10-11H,1-6H2,(H,14,16). The molecule has 2 heterocycles. The van der Waals surface area contributed by atoms with E-state index in [2.05, 4.69) is 20.6 Å². The number of amides is 1. The lowest BCUT2D eigenvalue weighted by molar-refractivity contribution is -0.128. The lowest BCUT2D eigenvalue weighted by Gasteiger charge is -2.43. The summed E-state index contributed by atoms with van der Waals surface area (Å²) in [4.78, 5) is 18.3. The summed E-state index contributed by atoms with van der Waals surface area (Å²) in [5.41, 5.74) is 2.95. The van der Waals surface area contributed by atoms with Gasteiger partial charge in [-0.2, -0.15) is 0 Å². The fraction of sp³-hybridized carbons (Fsp3) is 0.667. The molecule has 1 saturated heterocycles. The van der Waals surface area contributed by atoms with Crippen molar-refractivity contribution in [3.8, 4) is 0 Å². The summed E-state index contributed by atoms with van der Waals surface area (Å²) in [5.74, 6) is 0.170. The van der Waals surface area contributed by atoms with Crippen molar-refractivity contribution in [2.75, 3.05) is 6.54 Å². The van der Waals surface area contributed by atoms with E-state index in [0.29, 0.717) is 18.6 Å². The maximum absolute atomic E-state index is 11.7. The molecule has 2 unspecified atom stereocenters. The molecule has 5 heteroatoms. The van der Waals surface area contributed by atoms with E-state index in [1.807, 2.05) is 5.51 Å². The summed E-state index contributed by atoms with van der Waals surface area (Å²) in [5, 5.41) is 5.20. The Balaban J connectivity index is 1.74. The Labute approximate surface area is 105 Å². The predicted molar refractivity (Wildman–Crippen MR) is 66.7 cm³/mol. The maximum Gasteiger partial charge on any atom is 0.234 e. The largest absolute Gasteiger partial charge is 0.351 e. The molecule has 1 aliphatic heterocycles. The minimum atomic E-state index is 0.170. The molecule has 0 aromatic carbocycles. The van der Waals surface area contributed by atoms with Gasteiger partial charge < -0.3 is 5.32 Å². The van der Waals surface area contributed by atoms with Crippen LogP contribution >= 0.6 is 11.3 Å². The summed E-state index contributed by atoms with van der Waals surface area (Å²) >= 11 is 1.62. The second-order valence-electron chi connectivity index (χ2n) is 4.91. The highest BCUT2D eigenvalue weighted by molar-refractivity contribution is 7.07. The predicted octanol–water partition coefficient (Wildman–Crippen LogP) is 1.39. The van der Waals surface area contributed by atoms with E-state index in [9.17, 15) is 4.79 Å². The van der Waals surface area contributed by atoms with Crippen LogP contribution in [0.3, 0.4) is 0 Å². The van der Waals surface area contributed by atoms with Gasteiger partial charge in [0.15, 0.2) is 0 Å². The molecule has 1 aromatic rings. The fourth-order valence-electron chi connectivity index (χ4n) is 2.97. The van der Waals surface area contributed by atoms with E-state index in [-0.39, 0.29) is 5.91 Å². The molecule has 0 spiro atoms. The van der Waals surface area contributed by atoms with Crippen LogP contribution in [-0.2, 0) is 11.3 Å². The molecule has 0 bridgehead atoms. The van der Waals surface area contributed by atoms with Crippen LogP contribution in [0.5, 0.6) is 0 Å². The van der Waals surface area contributed by atoms with Crippen molar-refractivity contribution in [1.82, 2.24) is 15.2 Å². The highest BCUT2D eigenvalue weighted by atomic mass is 32.1. The molecule has 1 aliphatic carbocycles. The van der Waals surface area contributed by atoms with Crippen molar-refractivity contribution in [3.63, 3.8) is 0 Å². The Hall–Kier alpha value is -0.940. The van der Waals surface area contributed by atoms with Crippen molar-refractivity contribution in [1.29, 1.82) is 0 Å². The number of hydrogen-bond donors (Lipinski definition) is 1. The first-order chi connectivity index (χ1) is 8.33. The minimum Gasteiger partial charge on any atom is -0.351 e. The van der Waals surface area contributed by atoms with Crippen LogP contribution in [-0.4, -0.2) is 34.4 Å². The Morgan fingerprint density at radius 3 is 3.18 bits per heavy atom. The molecule has 2 atom stereocenters. The summed E-state index contributed by atoms with van der Waals surface area (Å²) in [6.07, 6.45) is 4.86. The van der Waals surface area contributed by atoms with Gasteiger partial charge in [-0.25, -0.2) is 4.98 Å². The smallest absolute Gasteiger partial charge is 0.234 e. The molecule has 1 amide bonds. The van der Waals surface area contributed by atoms with Crippen LogP contribution < -0.4 is 5.32 Å². The van der Waals surface area contributed by atoms with Crippen LogP contribution in [0.2, 0.25) is 0 Å². The van der Waals surface area contributed by atoms with Gasteiger partial charge in [0.05, 0.1) is 17.7 Å².